The van der Waals surface area contributed by atoms with Crippen LogP contribution in [0.2, 0.25) is 0 Å². The molecule has 0 aliphatic heterocycles. The van der Waals surface area contributed by atoms with Gasteiger partial charge in [0.25, 0.3) is 0 Å². The first-order valence-electron chi connectivity index (χ1n) is 5.47. The Bertz CT molecular complexity index is 534. The van der Waals surface area contributed by atoms with Gasteiger partial charge in [-0.05, 0) is 31.9 Å². The van der Waals surface area contributed by atoms with E-state index in [1.165, 1.54) is 0 Å². The van der Waals surface area contributed by atoms with E-state index in [9.17, 15) is 0 Å². The minimum absolute atomic E-state index is 0.494. The minimum atomic E-state index is 0.494. The maximum absolute atomic E-state index is 5.87. The van der Waals surface area contributed by atoms with Crippen LogP contribution in [0.1, 0.15) is 21.8 Å². The summed E-state index contributed by atoms with van der Waals surface area (Å²) < 4.78 is 5.74. The molecule has 0 aliphatic carbocycles. The standard InChI is InChI=1S/C13H16N2OS/c1-8-4-9(2)13(5-12(8)14)16-6-11-7-17-10(3)15-11/h4-5,7H,6,14H2,1-3H3. The van der Waals surface area contributed by atoms with Gasteiger partial charge in [-0.25, -0.2) is 4.98 Å². The predicted molar refractivity (Wildman–Crippen MR) is 71.5 cm³/mol. The monoisotopic (exact) mass is 248 g/mol. The Kier molecular flexibility index (Phi) is 3.33. The Morgan fingerprint density at radius 3 is 2.65 bits per heavy atom. The summed E-state index contributed by atoms with van der Waals surface area (Å²) in [7, 11) is 0. The molecule has 0 bridgehead atoms. The van der Waals surface area contributed by atoms with Gasteiger partial charge in [0.2, 0.25) is 0 Å². The zero-order valence-corrected chi connectivity index (χ0v) is 11.1. The minimum Gasteiger partial charge on any atom is -0.487 e. The average molecular weight is 248 g/mol. The van der Waals surface area contributed by atoms with Gasteiger partial charge in [0.1, 0.15) is 12.4 Å². The number of ether oxygens (including phenoxy) is 1. The third-order valence-corrected chi connectivity index (χ3v) is 3.43. The number of aryl methyl sites for hydroxylation is 3. The predicted octanol–water partition coefficient (Wildman–Crippen LogP) is 3.23. The normalized spacial score (nSPS) is 10.5. The van der Waals surface area contributed by atoms with Crippen molar-refractivity contribution in [2.24, 2.45) is 0 Å². The second-order valence-electron chi connectivity index (χ2n) is 4.12. The quantitative estimate of drug-likeness (QED) is 0.848. The molecule has 0 atom stereocenters. The molecule has 1 aromatic heterocycles. The van der Waals surface area contributed by atoms with Gasteiger partial charge >= 0.3 is 0 Å². The molecule has 0 aliphatic rings. The zero-order valence-electron chi connectivity index (χ0n) is 10.3. The van der Waals surface area contributed by atoms with Crippen molar-refractivity contribution < 1.29 is 4.74 Å². The maximum atomic E-state index is 5.87. The highest BCUT2D eigenvalue weighted by Crippen LogP contribution is 2.25. The van der Waals surface area contributed by atoms with Crippen molar-refractivity contribution in [2.75, 3.05) is 5.73 Å². The van der Waals surface area contributed by atoms with Crippen LogP contribution < -0.4 is 10.5 Å². The summed E-state index contributed by atoms with van der Waals surface area (Å²) in [6, 6.07) is 3.92. The van der Waals surface area contributed by atoms with Crippen molar-refractivity contribution in [3.05, 3.63) is 39.3 Å². The molecule has 17 heavy (non-hydrogen) atoms. The lowest BCUT2D eigenvalue weighted by Crippen LogP contribution is -1.99. The molecule has 4 heteroatoms. The summed E-state index contributed by atoms with van der Waals surface area (Å²) in [6.07, 6.45) is 0. The number of nitrogens with two attached hydrogens (primary N) is 1. The number of benzene rings is 1. The van der Waals surface area contributed by atoms with Crippen LogP contribution in [0.25, 0.3) is 0 Å². The van der Waals surface area contributed by atoms with Crippen LogP contribution in [-0.4, -0.2) is 4.98 Å². The van der Waals surface area contributed by atoms with Crippen LogP contribution >= 0.6 is 11.3 Å². The van der Waals surface area contributed by atoms with Crippen molar-refractivity contribution in [3.63, 3.8) is 0 Å². The van der Waals surface area contributed by atoms with Gasteiger partial charge in [0.05, 0.1) is 10.7 Å². The van der Waals surface area contributed by atoms with Gasteiger partial charge in [0.15, 0.2) is 0 Å². The van der Waals surface area contributed by atoms with Crippen LogP contribution in [-0.2, 0) is 6.61 Å². The molecule has 2 N–H and O–H groups in total. The molecule has 0 spiro atoms. The summed E-state index contributed by atoms with van der Waals surface area (Å²) in [4.78, 5) is 4.36. The first-order chi connectivity index (χ1) is 8.06. The van der Waals surface area contributed by atoms with Gasteiger partial charge in [-0.2, -0.15) is 0 Å². The Balaban J connectivity index is 2.11. The maximum Gasteiger partial charge on any atom is 0.131 e. The molecule has 1 heterocycles. The van der Waals surface area contributed by atoms with Crippen molar-refractivity contribution >= 4 is 17.0 Å². The van der Waals surface area contributed by atoms with Crippen LogP contribution in [0.3, 0.4) is 0 Å². The third kappa shape index (κ3) is 2.77. The van der Waals surface area contributed by atoms with Gasteiger partial charge < -0.3 is 10.5 Å². The molecule has 0 fully saturated rings. The summed E-state index contributed by atoms with van der Waals surface area (Å²) in [5.74, 6) is 0.832. The molecule has 90 valence electrons. The van der Waals surface area contributed by atoms with Crippen LogP contribution in [0, 0.1) is 20.8 Å². The Morgan fingerprint density at radius 1 is 1.24 bits per heavy atom. The molecule has 3 nitrogen and oxygen atoms in total. The van der Waals surface area contributed by atoms with E-state index in [2.05, 4.69) is 4.98 Å². The fourth-order valence-corrected chi connectivity index (χ4v) is 2.23. The fraction of sp³-hybridized carbons (Fsp3) is 0.308. The molecular weight excluding hydrogens is 232 g/mol. The topological polar surface area (TPSA) is 48.1 Å². The summed E-state index contributed by atoms with van der Waals surface area (Å²) >= 11 is 1.63. The lowest BCUT2D eigenvalue weighted by atomic mass is 10.1. The van der Waals surface area contributed by atoms with Gasteiger partial charge in [-0.1, -0.05) is 6.07 Å². The van der Waals surface area contributed by atoms with E-state index in [4.69, 9.17) is 10.5 Å². The molecule has 0 saturated carbocycles. The Labute approximate surface area is 105 Å². The molecule has 2 aromatic rings. The van der Waals surface area contributed by atoms with E-state index in [-0.39, 0.29) is 0 Å². The summed E-state index contributed by atoms with van der Waals surface area (Å²) in [6.45, 7) is 6.50. The molecule has 2 rings (SSSR count). The van der Waals surface area contributed by atoms with E-state index < -0.39 is 0 Å². The molecule has 1 aromatic carbocycles. The highest BCUT2D eigenvalue weighted by atomic mass is 32.1. The number of nitrogen functional groups attached to an aromatic ring is 1. The summed E-state index contributed by atoms with van der Waals surface area (Å²) in [5, 5.41) is 3.08. The van der Waals surface area contributed by atoms with E-state index in [0.29, 0.717) is 6.61 Å². The smallest absolute Gasteiger partial charge is 0.131 e. The van der Waals surface area contributed by atoms with Crippen LogP contribution in [0.15, 0.2) is 17.5 Å². The second kappa shape index (κ2) is 4.75. The van der Waals surface area contributed by atoms with Crippen molar-refractivity contribution in [2.45, 2.75) is 27.4 Å². The first-order valence-corrected chi connectivity index (χ1v) is 6.35. The van der Waals surface area contributed by atoms with Crippen molar-refractivity contribution in [3.8, 4) is 5.75 Å². The van der Waals surface area contributed by atoms with E-state index >= 15 is 0 Å². The molecular formula is C13H16N2OS. The average Bonchev–Trinajstić information content (AvgIpc) is 2.68. The van der Waals surface area contributed by atoms with E-state index in [1.54, 1.807) is 11.3 Å². The lowest BCUT2D eigenvalue weighted by molar-refractivity contribution is 0.300. The Hall–Kier alpha value is -1.55. The number of thiazole rings is 1. The molecule has 0 amide bonds. The van der Waals surface area contributed by atoms with Crippen LogP contribution in [0.4, 0.5) is 5.69 Å². The third-order valence-electron chi connectivity index (χ3n) is 2.61. The van der Waals surface area contributed by atoms with Crippen LogP contribution in [0.5, 0.6) is 5.75 Å². The van der Waals surface area contributed by atoms with E-state index in [1.807, 2.05) is 38.3 Å². The van der Waals surface area contributed by atoms with Crippen molar-refractivity contribution in [1.29, 1.82) is 0 Å². The van der Waals surface area contributed by atoms with Gasteiger partial charge in [-0.3, -0.25) is 0 Å². The van der Waals surface area contributed by atoms with E-state index in [0.717, 1.165) is 33.3 Å². The van der Waals surface area contributed by atoms with Gasteiger partial charge in [-0.15, -0.1) is 11.3 Å². The number of rotatable bonds is 3. The Morgan fingerprint density at radius 2 is 2.00 bits per heavy atom. The van der Waals surface area contributed by atoms with Gasteiger partial charge in [0, 0.05) is 17.1 Å². The number of hydrogen-bond acceptors (Lipinski definition) is 4. The largest absolute Gasteiger partial charge is 0.487 e. The molecule has 0 unspecified atom stereocenters. The molecule has 0 saturated heterocycles. The number of aromatic nitrogens is 1. The second-order valence-corrected chi connectivity index (χ2v) is 5.18. The number of hydrogen-bond donors (Lipinski definition) is 1. The fourth-order valence-electron chi connectivity index (χ4n) is 1.63. The highest BCUT2D eigenvalue weighted by Gasteiger charge is 2.05. The first kappa shape index (κ1) is 11.9. The number of anilines is 1. The lowest BCUT2D eigenvalue weighted by Gasteiger charge is -2.10. The molecule has 0 radical (unpaired) electrons. The highest BCUT2D eigenvalue weighted by molar-refractivity contribution is 7.09. The van der Waals surface area contributed by atoms with Crippen molar-refractivity contribution in [1.82, 2.24) is 4.98 Å². The SMILES string of the molecule is Cc1nc(COc2cc(N)c(C)cc2C)cs1. The number of nitrogens with zero attached hydrogens (tertiary/aromatic N) is 1. The zero-order chi connectivity index (χ0) is 12.4. The summed E-state index contributed by atoms with van der Waals surface area (Å²) in [5.41, 5.74) is 9.78.